The zero-order valence-corrected chi connectivity index (χ0v) is 11.2. The summed E-state index contributed by atoms with van der Waals surface area (Å²) < 4.78 is 103. The van der Waals surface area contributed by atoms with E-state index in [1.165, 1.54) is 22.6 Å². The predicted octanol–water partition coefficient (Wildman–Crippen LogP) is 2.97. The van der Waals surface area contributed by atoms with E-state index in [4.69, 9.17) is 5.11 Å². The van der Waals surface area contributed by atoms with Gasteiger partial charge < -0.3 is 9.84 Å². The fourth-order valence-corrected chi connectivity index (χ4v) is 1.09. The van der Waals surface area contributed by atoms with Crippen LogP contribution in [0.2, 0.25) is 0 Å². The van der Waals surface area contributed by atoms with Crippen LogP contribution in [-0.2, 0) is 4.74 Å². The molecule has 116 valence electrons. The van der Waals surface area contributed by atoms with Crippen LogP contribution in [-0.4, -0.2) is 53.0 Å². The Morgan fingerprint density at radius 1 is 1.05 bits per heavy atom. The van der Waals surface area contributed by atoms with Gasteiger partial charge in [-0.2, -0.15) is 26.3 Å². The van der Waals surface area contributed by atoms with Gasteiger partial charge in [0.1, 0.15) is 6.61 Å². The summed E-state index contributed by atoms with van der Waals surface area (Å²) in [5.41, 5.74) is 0. The van der Waals surface area contributed by atoms with Crippen LogP contribution in [0.25, 0.3) is 0 Å². The van der Waals surface area contributed by atoms with E-state index in [0.29, 0.717) is 0 Å². The summed E-state index contributed by atoms with van der Waals surface area (Å²) in [5, 5.41) is 8.48. The first kappa shape index (κ1) is 19.1. The third kappa shape index (κ3) is 4.28. The SMILES string of the molecule is OCC(I)COCC(F)(F)C(F)(F)C(F)(F)C(F)F. The smallest absolute Gasteiger partial charge is 0.380 e. The van der Waals surface area contributed by atoms with Crippen molar-refractivity contribution in [3.05, 3.63) is 0 Å². The summed E-state index contributed by atoms with van der Waals surface area (Å²) >= 11 is 1.53. The van der Waals surface area contributed by atoms with Crippen LogP contribution in [0, 0.1) is 0 Å². The maximum absolute atomic E-state index is 12.9. The highest BCUT2D eigenvalue weighted by Gasteiger charge is 2.75. The molecule has 1 unspecified atom stereocenters. The van der Waals surface area contributed by atoms with Crippen LogP contribution in [0.4, 0.5) is 35.1 Å². The molecule has 1 atom stereocenters. The first-order valence-electron chi connectivity index (χ1n) is 4.64. The van der Waals surface area contributed by atoms with Crippen molar-refractivity contribution in [3.63, 3.8) is 0 Å². The van der Waals surface area contributed by atoms with Crippen molar-refractivity contribution in [1.82, 2.24) is 0 Å². The Kier molecular flexibility index (Phi) is 6.73. The summed E-state index contributed by atoms with van der Waals surface area (Å²) in [6, 6.07) is 0. The van der Waals surface area contributed by atoms with Gasteiger partial charge in [0.05, 0.1) is 17.1 Å². The van der Waals surface area contributed by atoms with Gasteiger partial charge in [0.2, 0.25) is 0 Å². The van der Waals surface area contributed by atoms with Gasteiger partial charge in [-0.05, 0) is 0 Å². The average Bonchev–Trinajstić information content (AvgIpc) is 2.27. The Morgan fingerprint density at radius 2 is 1.53 bits per heavy atom. The third-order valence-corrected chi connectivity index (χ3v) is 2.69. The van der Waals surface area contributed by atoms with Gasteiger partial charge in [-0.3, -0.25) is 0 Å². The number of ether oxygens (including phenoxy) is 1. The van der Waals surface area contributed by atoms with Crippen molar-refractivity contribution in [2.75, 3.05) is 19.8 Å². The Labute approximate surface area is 116 Å². The largest absolute Gasteiger partial charge is 0.395 e. The number of halogens is 9. The Balaban J connectivity index is 4.78. The lowest BCUT2D eigenvalue weighted by molar-refractivity contribution is -0.345. The molecule has 0 aromatic carbocycles. The zero-order valence-electron chi connectivity index (χ0n) is 9.03. The molecule has 0 aliphatic carbocycles. The molecule has 0 radical (unpaired) electrons. The summed E-state index contributed by atoms with van der Waals surface area (Å²) in [5.74, 6) is -17.9. The Hall–Kier alpha value is 0.0900. The molecule has 0 aromatic rings. The van der Waals surface area contributed by atoms with E-state index >= 15 is 0 Å². The predicted molar refractivity (Wildman–Crippen MR) is 56.6 cm³/mol. The number of alkyl halides is 9. The number of aliphatic hydroxyl groups excluding tert-OH is 1. The second-order valence-corrected chi connectivity index (χ2v) is 5.26. The molecular weight excluding hydrogens is 407 g/mol. The molecule has 11 heteroatoms. The summed E-state index contributed by atoms with van der Waals surface area (Å²) in [6.07, 6.45) is -4.94. The minimum Gasteiger partial charge on any atom is -0.395 e. The van der Waals surface area contributed by atoms with Crippen LogP contribution in [0.3, 0.4) is 0 Å². The van der Waals surface area contributed by atoms with Crippen molar-refractivity contribution in [3.8, 4) is 0 Å². The fraction of sp³-hybridized carbons (Fsp3) is 1.00. The lowest BCUT2D eigenvalue weighted by atomic mass is 10.1. The van der Waals surface area contributed by atoms with Gasteiger partial charge in [0, 0.05) is 0 Å². The highest BCUT2D eigenvalue weighted by molar-refractivity contribution is 14.1. The maximum Gasteiger partial charge on any atom is 0.380 e. The molecule has 0 aromatic heterocycles. The van der Waals surface area contributed by atoms with Crippen molar-refractivity contribution >= 4 is 22.6 Å². The van der Waals surface area contributed by atoms with Crippen LogP contribution >= 0.6 is 22.6 Å². The van der Waals surface area contributed by atoms with E-state index in [-0.39, 0.29) is 0 Å². The average molecular weight is 416 g/mol. The molecule has 0 amide bonds. The molecule has 0 saturated heterocycles. The molecule has 2 nitrogen and oxygen atoms in total. The Bertz CT molecular complexity index is 286. The van der Waals surface area contributed by atoms with Crippen molar-refractivity contribution in [2.24, 2.45) is 0 Å². The van der Waals surface area contributed by atoms with Gasteiger partial charge in [-0.25, -0.2) is 8.78 Å². The van der Waals surface area contributed by atoms with Gasteiger partial charge in [0.25, 0.3) is 0 Å². The summed E-state index contributed by atoms with van der Waals surface area (Å²) in [4.78, 5) is 0. The Morgan fingerprint density at radius 3 is 1.89 bits per heavy atom. The second-order valence-electron chi connectivity index (χ2n) is 3.50. The quantitative estimate of drug-likeness (QED) is 0.375. The molecule has 19 heavy (non-hydrogen) atoms. The standard InChI is InChI=1S/C8H9F8IO2/c9-5(10)7(13,14)8(15,16)6(11,12)3-19-2-4(17)1-18/h4-5,18H,1-3H2. The minimum atomic E-state index is -6.26. The van der Waals surface area contributed by atoms with E-state index in [2.05, 4.69) is 4.74 Å². The van der Waals surface area contributed by atoms with Crippen molar-refractivity contribution < 1.29 is 45.0 Å². The fourth-order valence-electron chi connectivity index (χ4n) is 0.839. The molecule has 0 fully saturated rings. The van der Waals surface area contributed by atoms with Gasteiger partial charge >= 0.3 is 24.2 Å². The van der Waals surface area contributed by atoms with E-state index < -0.39 is 47.9 Å². The van der Waals surface area contributed by atoms with E-state index in [1.807, 2.05) is 0 Å². The first-order valence-corrected chi connectivity index (χ1v) is 5.89. The van der Waals surface area contributed by atoms with Crippen LogP contribution < -0.4 is 0 Å². The molecule has 1 N–H and O–H groups in total. The molecule has 0 heterocycles. The molecule has 0 bridgehead atoms. The first-order chi connectivity index (χ1) is 8.40. The summed E-state index contributed by atoms with van der Waals surface area (Å²) in [6.45, 7) is -3.31. The number of hydrogen-bond donors (Lipinski definition) is 1. The maximum atomic E-state index is 12.9. The molecule has 0 spiro atoms. The monoisotopic (exact) mass is 416 g/mol. The van der Waals surface area contributed by atoms with Crippen molar-refractivity contribution in [2.45, 2.75) is 28.1 Å². The van der Waals surface area contributed by atoms with Crippen LogP contribution in [0.15, 0.2) is 0 Å². The molecule has 0 aliphatic heterocycles. The highest BCUT2D eigenvalue weighted by atomic mass is 127. The topological polar surface area (TPSA) is 29.5 Å². The minimum absolute atomic E-state index is 0.518. The van der Waals surface area contributed by atoms with Gasteiger partial charge in [-0.1, -0.05) is 22.6 Å². The second kappa shape index (κ2) is 6.70. The molecule has 0 aliphatic rings. The van der Waals surface area contributed by atoms with E-state index in [9.17, 15) is 35.1 Å². The highest BCUT2D eigenvalue weighted by Crippen LogP contribution is 2.48. The molecule has 0 saturated carbocycles. The number of hydrogen-bond acceptors (Lipinski definition) is 2. The zero-order chi connectivity index (χ0) is 15.5. The van der Waals surface area contributed by atoms with Crippen LogP contribution in [0.5, 0.6) is 0 Å². The number of aliphatic hydroxyl groups is 1. The van der Waals surface area contributed by atoms with Crippen LogP contribution in [0.1, 0.15) is 0 Å². The van der Waals surface area contributed by atoms with E-state index in [1.54, 1.807) is 0 Å². The lowest BCUT2D eigenvalue weighted by Crippen LogP contribution is -2.59. The summed E-state index contributed by atoms with van der Waals surface area (Å²) in [7, 11) is 0. The van der Waals surface area contributed by atoms with E-state index in [0.717, 1.165) is 0 Å². The molecular formula is C8H9F8IO2. The number of rotatable bonds is 8. The molecule has 0 rings (SSSR count). The normalized spacial score (nSPS) is 15.9. The van der Waals surface area contributed by atoms with Gasteiger partial charge in [0.15, 0.2) is 0 Å². The van der Waals surface area contributed by atoms with Gasteiger partial charge in [-0.15, -0.1) is 0 Å². The van der Waals surface area contributed by atoms with Crippen molar-refractivity contribution in [1.29, 1.82) is 0 Å². The lowest BCUT2D eigenvalue weighted by Gasteiger charge is -2.32. The third-order valence-electron chi connectivity index (χ3n) is 1.93.